The van der Waals surface area contributed by atoms with E-state index in [2.05, 4.69) is 16.0 Å². The van der Waals surface area contributed by atoms with Gasteiger partial charge in [-0.3, -0.25) is 9.78 Å². The summed E-state index contributed by atoms with van der Waals surface area (Å²) in [7, 11) is 0. The highest BCUT2D eigenvalue weighted by Gasteiger charge is 2.17. The standard InChI is InChI=1S/C35H35Cl3N4O3.C4H8O3/c36-30-16-27(19-40)32(44-22-25-15-24(18-39)20-41-21-25)17-33(30)45-23-26-7-4-8-28(34(26)37)29-9-5-10-31(35(29)38)43-14-6-13-42-11-2-1-3-12-42;1-3(2-5)4(6)7/h4-5,7-10,15-17,20-21H,1-3,6,11-14,19,22-23,40H2;3,5H,2H2,1H3,(H,6,7). The monoisotopic (exact) mass is 768 g/mol. The summed E-state index contributed by atoms with van der Waals surface area (Å²) in [4.78, 5) is 16.4. The zero-order valence-electron chi connectivity index (χ0n) is 29.0. The van der Waals surface area contributed by atoms with Crippen molar-refractivity contribution in [1.29, 1.82) is 5.26 Å². The van der Waals surface area contributed by atoms with Crippen LogP contribution in [-0.4, -0.2) is 58.9 Å². The molecule has 2 heterocycles. The number of halogens is 3. The van der Waals surface area contributed by atoms with Gasteiger partial charge in [0.15, 0.2) is 0 Å². The molecule has 276 valence electrons. The van der Waals surface area contributed by atoms with Crippen LogP contribution in [0.1, 0.15) is 54.9 Å². The molecule has 1 aliphatic heterocycles. The second-order valence-electron chi connectivity index (χ2n) is 12.3. The van der Waals surface area contributed by atoms with Crippen molar-refractivity contribution >= 4 is 40.8 Å². The summed E-state index contributed by atoms with van der Waals surface area (Å²) in [6.07, 6.45) is 7.98. The third kappa shape index (κ3) is 11.7. The Kier molecular flexibility index (Phi) is 16.3. The van der Waals surface area contributed by atoms with E-state index in [1.165, 1.54) is 45.5 Å². The van der Waals surface area contributed by atoms with E-state index in [1.54, 1.807) is 24.4 Å². The van der Waals surface area contributed by atoms with Crippen LogP contribution < -0.4 is 19.9 Å². The summed E-state index contributed by atoms with van der Waals surface area (Å²) in [5.41, 5.74) is 10.2. The van der Waals surface area contributed by atoms with Crippen molar-refractivity contribution in [2.24, 2.45) is 11.7 Å². The molecule has 1 saturated heterocycles. The molecule has 3 aromatic carbocycles. The first-order chi connectivity index (χ1) is 25.1. The largest absolute Gasteiger partial charge is 0.492 e. The number of likely N-dealkylation sites (tertiary alicyclic amines) is 1. The Hall–Kier alpha value is -4.08. The van der Waals surface area contributed by atoms with Crippen LogP contribution in [-0.2, 0) is 24.6 Å². The number of nitrogens with two attached hydrogens (primary N) is 1. The highest BCUT2D eigenvalue weighted by molar-refractivity contribution is 6.37. The lowest BCUT2D eigenvalue weighted by Crippen LogP contribution is -2.31. The van der Waals surface area contributed by atoms with Crippen LogP contribution in [0, 0.1) is 17.2 Å². The van der Waals surface area contributed by atoms with Crippen molar-refractivity contribution < 1.29 is 29.2 Å². The molecule has 4 aromatic rings. The Morgan fingerprint density at radius 1 is 0.923 bits per heavy atom. The maximum absolute atomic E-state index is 9.77. The number of nitriles is 1. The molecule has 1 aromatic heterocycles. The molecule has 1 fully saturated rings. The van der Waals surface area contributed by atoms with Crippen molar-refractivity contribution in [3.05, 3.63) is 104 Å². The van der Waals surface area contributed by atoms with Gasteiger partial charge >= 0.3 is 5.97 Å². The van der Waals surface area contributed by atoms with Crippen LogP contribution in [0.15, 0.2) is 67.0 Å². The maximum Gasteiger partial charge on any atom is 0.308 e. The first-order valence-electron chi connectivity index (χ1n) is 17.0. The molecular weight excluding hydrogens is 727 g/mol. The van der Waals surface area contributed by atoms with Gasteiger partial charge in [-0.1, -0.05) is 71.6 Å². The third-order valence-electron chi connectivity index (χ3n) is 8.39. The number of piperidine rings is 1. The highest BCUT2D eigenvalue weighted by Crippen LogP contribution is 2.40. The Balaban J connectivity index is 0.000000785. The number of aromatic nitrogens is 1. The number of pyridine rings is 1. The van der Waals surface area contributed by atoms with E-state index in [0.717, 1.165) is 40.8 Å². The van der Waals surface area contributed by atoms with Crippen LogP contribution in [0.2, 0.25) is 15.1 Å². The van der Waals surface area contributed by atoms with Crippen molar-refractivity contribution in [2.75, 3.05) is 32.8 Å². The van der Waals surface area contributed by atoms with Gasteiger partial charge in [0.25, 0.3) is 0 Å². The molecule has 0 aliphatic carbocycles. The zero-order valence-corrected chi connectivity index (χ0v) is 31.3. The number of aliphatic hydroxyl groups is 1. The molecular formula is C39H43Cl3N4O6. The van der Waals surface area contributed by atoms with Crippen LogP contribution in [0.3, 0.4) is 0 Å². The number of carboxylic acid groups (broad SMARTS) is 1. The fourth-order valence-electron chi connectivity index (χ4n) is 5.39. The summed E-state index contributed by atoms with van der Waals surface area (Å²) in [6, 6.07) is 18.7. The molecule has 0 amide bonds. The lowest BCUT2D eigenvalue weighted by molar-refractivity contribution is -0.142. The van der Waals surface area contributed by atoms with Gasteiger partial charge in [-0.2, -0.15) is 5.26 Å². The van der Waals surface area contributed by atoms with Crippen LogP contribution >= 0.6 is 34.8 Å². The predicted octanol–water partition coefficient (Wildman–Crippen LogP) is 8.15. The number of aliphatic hydroxyl groups excluding tert-OH is 1. The minimum absolute atomic E-state index is 0.159. The molecule has 0 spiro atoms. The minimum Gasteiger partial charge on any atom is -0.492 e. The Labute approximate surface area is 319 Å². The predicted molar refractivity (Wildman–Crippen MR) is 203 cm³/mol. The van der Waals surface area contributed by atoms with Crippen LogP contribution in [0.4, 0.5) is 0 Å². The zero-order chi connectivity index (χ0) is 37.5. The number of benzene rings is 3. The van der Waals surface area contributed by atoms with Gasteiger partial charge < -0.3 is 35.1 Å². The highest BCUT2D eigenvalue weighted by atomic mass is 35.5. The number of hydrogen-bond donors (Lipinski definition) is 3. The van der Waals surface area contributed by atoms with E-state index < -0.39 is 11.9 Å². The molecule has 0 radical (unpaired) electrons. The van der Waals surface area contributed by atoms with Gasteiger partial charge in [-0.25, -0.2) is 0 Å². The lowest BCUT2D eigenvalue weighted by atomic mass is 10.0. The fraction of sp³-hybridized carbons (Fsp3) is 0.359. The Morgan fingerprint density at radius 3 is 2.31 bits per heavy atom. The van der Waals surface area contributed by atoms with Crippen molar-refractivity contribution in [3.63, 3.8) is 0 Å². The van der Waals surface area contributed by atoms with Gasteiger partial charge in [0.2, 0.25) is 0 Å². The number of carboxylic acids is 1. The fourth-order valence-corrected chi connectivity index (χ4v) is 6.19. The van der Waals surface area contributed by atoms with E-state index in [1.807, 2.05) is 36.4 Å². The van der Waals surface area contributed by atoms with E-state index in [-0.39, 0.29) is 26.4 Å². The van der Waals surface area contributed by atoms with Crippen molar-refractivity contribution in [1.82, 2.24) is 9.88 Å². The van der Waals surface area contributed by atoms with Gasteiger partial charge in [0.1, 0.15) is 36.5 Å². The molecule has 1 unspecified atom stereocenters. The third-order valence-corrected chi connectivity index (χ3v) is 9.52. The number of hydrogen-bond acceptors (Lipinski definition) is 9. The molecule has 5 rings (SSSR count). The molecule has 1 atom stereocenters. The molecule has 10 nitrogen and oxygen atoms in total. The van der Waals surface area contributed by atoms with Gasteiger partial charge in [-0.05, 0) is 57.5 Å². The second kappa shape index (κ2) is 20.8. The molecule has 0 bridgehead atoms. The van der Waals surface area contributed by atoms with E-state index in [0.29, 0.717) is 44.5 Å². The number of aliphatic carboxylic acids is 1. The van der Waals surface area contributed by atoms with Gasteiger partial charge in [0.05, 0.1) is 39.8 Å². The summed E-state index contributed by atoms with van der Waals surface area (Å²) in [5, 5.41) is 26.7. The number of rotatable bonds is 15. The lowest BCUT2D eigenvalue weighted by Gasteiger charge is -2.26. The molecule has 1 aliphatic rings. The van der Waals surface area contributed by atoms with Crippen LogP contribution in [0.5, 0.6) is 17.2 Å². The van der Waals surface area contributed by atoms with Gasteiger partial charge in [-0.15, -0.1) is 0 Å². The molecule has 0 saturated carbocycles. The molecule has 4 N–H and O–H groups in total. The average molecular weight is 770 g/mol. The number of nitrogens with zero attached hydrogens (tertiary/aromatic N) is 3. The van der Waals surface area contributed by atoms with Crippen LogP contribution in [0.25, 0.3) is 11.1 Å². The Bertz CT molecular complexity index is 1830. The molecule has 52 heavy (non-hydrogen) atoms. The quantitative estimate of drug-likeness (QED) is 0.101. The second-order valence-corrected chi connectivity index (χ2v) is 13.5. The molecule has 13 heteroatoms. The number of ether oxygens (including phenoxy) is 3. The summed E-state index contributed by atoms with van der Waals surface area (Å²) >= 11 is 20.3. The number of carbonyl (C=O) groups is 1. The smallest absolute Gasteiger partial charge is 0.308 e. The van der Waals surface area contributed by atoms with E-state index in [9.17, 15) is 4.79 Å². The van der Waals surface area contributed by atoms with E-state index in [4.69, 9.17) is 70.2 Å². The normalized spacial score (nSPS) is 13.3. The SMILES string of the molecule is CC(CO)C(=O)O.N#Cc1cncc(COc2cc(OCc3cccc(-c4cccc(OCCCN5CCCCC5)c4Cl)c3Cl)c(Cl)cc2CN)c1. The summed E-state index contributed by atoms with van der Waals surface area (Å²) in [5.74, 6) is 0.00770. The van der Waals surface area contributed by atoms with Crippen molar-refractivity contribution in [3.8, 4) is 34.4 Å². The first kappa shape index (κ1) is 40.7. The summed E-state index contributed by atoms with van der Waals surface area (Å²) < 4.78 is 18.3. The summed E-state index contributed by atoms with van der Waals surface area (Å²) in [6.45, 7) is 5.72. The average Bonchev–Trinajstić information content (AvgIpc) is 3.16. The van der Waals surface area contributed by atoms with E-state index >= 15 is 0 Å². The van der Waals surface area contributed by atoms with Crippen molar-refractivity contribution in [2.45, 2.75) is 52.4 Å². The first-order valence-corrected chi connectivity index (χ1v) is 18.2. The Morgan fingerprint density at radius 2 is 1.63 bits per heavy atom. The minimum atomic E-state index is -0.956. The topological polar surface area (TPSA) is 151 Å². The van der Waals surface area contributed by atoms with Gasteiger partial charge in [0, 0.05) is 59.4 Å². The maximum atomic E-state index is 9.77.